The minimum Gasteiger partial charge on any atom is -0.322 e. The highest BCUT2D eigenvalue weighted by atomic mass is 32.2. The number of urea groups is 1. The molecule has 0 saturated carbocycles. The van der Waals surface area contributed by atoms with Crippen LogP contribution in [0.1, 0.15) is 17.0 Å². The zero-order chi connectivity index (χ0) is 30.0. The van der Waals surface area contributed by atoms with Crippen LogP contribution in [0, 0.1) is 29.8 Å². The van der Waals surface area contributed by atoms with Gasteiger partial charge in [-0.05, 0) is 80.1 Å². The smallest absolute Gasteiger partial charge is 0.322 e. The lowest BCUT2D eigenvalue weighted by Gasteiger charge is -2.12. The number of nitro groups is 1. The molecule has 1 saturated heterocycles. The molecule has 12 heteroatoms. The maximum atomic E-state index is 13.9. The number of imide groups is 1. The van der Waals surface area contributed by atoms with Crippen molar-refractivity contribution >= 4 is 47.1 Å². The summed E-state index contributed by atoms with van der Waals surface area (Å²) in [5.74, 6) is -2.00. The Kier molecular flexibility index (Phi) is 7.89. The van der Waals surface area contributed by atoms with E-state index in [1.54, 1.807) is 24.3 Å². The molecular formula is C30H24FN5O5S. The zero-order valence-corrected chi connectivity index (χ0v) is 23.3. The number of non-ortho nitro benzene ring substituents is 1. The van der Waals surface area contributed by atoms with Crippen molar-refractivity contribution in [2.24, 2.45) is 0 Å². The van der Waals surface area contributed by atoms with E-state index in [0.29, 0.717) is 5.56 Å². The molecule has 0 radical (unpaired) electrons. The highest BCUT2D eigenvalue weighted by Crippen LogP contribution is 2.31. The van der Waals surface area contributed by atoms with Gasteiger partial charge in [0.25, 0.3) is 11.6 Å². The topological polar surface area (TPSA) is 127 Å². The first-order chi connectivity index (χ1) is 20.1. The Labute approximate surface area is 244 Å². The summed E-state index contributed by atoms with van der Waals surface area (Å²) in [7, 11) is 0. The van der Waals surface area contributed by atoms with Crippen molar-refractivity contribution in [2.45, 2.75) is 23.6 Å². The largest absolute Gasteiger partial charge is 0.329 e. The van der Waals surface area contributed by atoms with Crippen LogP contribution in [-0.2, 0) is 9.59 Å². The van der Waals surface area contributed by atoms with Gasteiger partial charge in [0.1, 0.15) is 18.1 Å². The number of amides is 4. The van der Waals surface area contributed by atoms with Crippen LogP contribution >= 0.6 is 11.8 Å². The number of anilines is 1. The van der Waals surface area contributed by atoms with Crippen molar-refractivity contribution in [3.8, 4) is 5.69 Å². The molecule has 0 spiro atoms. The zero-order valence-electron chi connectivity index (χ0n) is 22.5. The number of halogens is 1. The standard InChI is InChI=1S/C30H24FN5O5S/c1-18-15-20(16-27-29(38)34(30(39)33-27)17-28(37)32-26-6-4-3-5-25(26)31)19(2)35(18)21-7-11-23(12-8-21)42-24-13-9-22(10-14-24)36(40)41/h3-16H,17H2,1-2H3,(H,32,37)(H,33,39)/b27-16+. The Balaban J connectivity index is 1.29. The molecule has 1 aromatic heterocycles. The Morgan fingerprint density at radius 2 is 1.67 bits per heavy atom. The summed E-state index contributed by atoms with van der Waals surface area (Å²) in [6.07, 6.45) is 1.56. The van der Waals surface area contributed by atoms with E-state index in [9.17, 15) is 28.9 Å². The molecule has 2 N–H and O–H groups in total. The van der Waals surface area contributed by atoms with Gasteiger partial charge < -0.3 is 15.2 Å². The quantitative estimate of drug-likeness (QED) is 0.116. The maximum absolute atomic E-state index is 13.9. The first-order valence-corrected chi connectivity index (χ1v) is 13.5. The Morgan fingerprint density at radius 3 is 2.31 bits per heavy atom. The van der Waals surface area contributed by atoms with Crippen LogP contribution < -0.4 is 10.6 Å². The van der Waals surface area contributed by atoms with Crippen molar-refractivity contribution in [3.63, 3.8) is 0 Å². The number of hydrogen-bond acceptors (Lipinski definition) is 6. The molecule has 1 fully saturated rings. The Morgan fingerprint density at radius 1 is 1.02 bits per heavy atom. The second-order valence-corrected chi connectivity index (χ2v) is 10.6. The van der Waals surface area contributed by atoms with E-state index in [0.717, 1.165) is 31.8 Å². The van der Waals surface area contributed by atoms with Gasteiger partial charge >= 0.3 is 6.03 Å². The monoisotopic (exact) mass is 585 g/mol. The van der Waals surface area contributed by atoms with Crippen molar-refractivity contribution in [1.29, 1.82) is 0 Å². The third kappa shape index (κ3) is 5.93. The molecule has 3 aromatic carbocycles. The fraction of sp³-hybridized carbons (Fsp3) is 0.100. The third-order valence-electron chi connectivity index (χ3n) is 6.56. The molecular weight excluding hydrogens is 561 g/mol. The van der Waals surface area contributed by atoms with Gasteiger partial charge in [0.05, 0.1) is 10.6 Å². The van der Waals surface area contributed by atoms with E-state index in [4.69, 9.17) is 0 Å². The number of carbonyl (C=O) groups is 3. The van der Waals surface area contributed by atoms with Gasteiger partial charge in [-0.25, -0.2) is 14.1 Å². The molecule has 1 aliphatic heterocycles. The minimum atomic E-state index is -0.746. The van der Waals surface area contributed by atoms with Crippen LogP contribution in [0.4, 0.5) is 20.6 Å². The fourth-order valence-electron chi connectivity index (χ4n) is 4.53. The lowest BCUT2D eigenvalue weighted by Crippen LogP contribution is -2.38. The molecule has 0 aliphatic carbocycles. The summed E-state index contributed by atoms with van der Waals surface area (Å²) >= 11 is 1.48. The number of rotatable bonds is 8. The van der Waals surface area contributed by atoms with Crippen LogP contribution in [0.15, 0.2) is 94.4 Å². The van der Waals surface area contributed by atoms with E-state index in [1.165, 1.54) is 42.1 Å². The van der Waals surface area contributed by atoms with E-state index in [-0.39, 0.29) is 17.1 Å². The minimum absolute atomic E-state index is 0.0220. The predicted molar refractivity (Wildman–Crippen MR) is 156 cm³/mol. The second kappa shape index (κ2) is 11.7. The lowest BCUT2D eigenvalue weighted by atomic mass is 10.2. The second-order valence-electron chi connectivity index (χ2n) is 9.42. The fourth-order valence-corrected chi connectivity index (χ4v) is 5.35. The van der Waals surface area contributed by atoms with Crippen molar-refractivity contribution in [1.82, 2.24) is 14.8 Å². The van der Waals surface area contributed by atoms with E-state index < -0.39 is 35.1 Å². The molecule has 5 rings (SSSR count). The van der Waals surface area contributed by atoms with Crippen LogP contribution in [0.25, 0.3) is 11.8 Å². The number of benzene rings is 3. The van der Waals surface area contributed by atoms with E-state index in [2.05, 4.69) is 10.6 Å². The van der Waals surface area contributed by atoms with Gasteiger partial charge in [0.2, 0.25) is 5.91 Å². The van der Waals surface area contributed by atoms with Crippen LogP contribution in [0.2, 0.25) is 0 Å². The molecule has 0 atom stereocenters. The number of carbonyl (C=O) groups excluding carboxylic acids is 3. The molecule has 1 aliphatic rings. The highest BCUT2D eigenvalue weighted by molar-refractivity contribution is 7.99. The van der Waals surface area contributed by atoms with E-state index >= 15 is 0 Å². The summed E-state index contributed by atoms with van der Waals surface area (Å²) in [6.45, 7) is 3.24. The van der Waals surface area contributed by atoms with Gasteiger partial charge in [-0.1, -0.05) is 23.9 Å². The Bertz CT molecular complexity index is 1750. The predicted octanol–water partition coefficient (Wildman–Crippen LogP) is 5.82. The van der Waals surface area contributed by atoms with Gasteiger partial charge in [0.15, 0.2) is 0 Å². The molecule has 0 unspecified atom stereocenters. The Hall–Kier alpha value is -5.23. The average Bonchev–Trinajstić information content (AvgIpc) is 3.39. The van der Waals surface area contributed by atoms with Gasteiger partial charge in [-0.3, -0.25) is 19.7 Å². The van der Waals surface area contributed by atoms with Crippen LogP contribution in [0.3, 0.4) is 0 Å². The number of nitro benzene ring substituents is 1. The molecule has 0 bridgehead atoms. The summed E-state index contributed by atoms with van der Waals surface area (Å²) in [4.78, 5) is 50.9. The van der Waals surface area contributed by atoms with Gasteiger partial charge in [-0.2, -0.15) is 0 Å². The van der Waals surface area contributed by atoms with E-state index in [1.807, 2.05) is 48.7 Å². The summed E-state index contributed by atoms with van der Waals surface area (Å²) in [5, 5.41) is 15.8. The van der Waals surface area contributed by atoms with Crippen molar-refractivity contribution in [2.75, 3.05) is 11.9 Å². The molecule has 2 heterocycles. The van der Waals surface area contributed by atoms with Crippen molar-refractivity contribution in [3.05, 3.63) is 117 Å². The SMILES string of the molecule is Cc1cc(/C=C2/NC(=O)N(CC(=O)Nc3ccccc3F)C2=O)c(C)n1-c1ccc(Sc2ccc([N+](=O)[O-])cc2)cc1. The third-order valence-corrected chi connectivity index (χ3v) is 7.58. The van der Waals surface area contributed by atoms with Crippen LogP contribution in [-0.4, -0.2) is 38.8 Å². The summed E-state index contributed by atoms with van der Waals surface area (Å²) in [5.41, 5.74) is 3.33. The summed E-state index contributed by atoms with van der Waals surface area (Å²) in [6, 6.07) is 20.9. The normalized spacial score (nSPS) is 13.9. The average molecular weight is 586 g/mol. The first kappa shape index (κ1) is 28.3. The van der Waals surface area contributed by atoms with Crippen molar-refractivity contribution < 1.29 is 23.7 Å². The first-order valence-electron chi connectivity index (χ1n) is 12.7. The number of hydrogen-bond donors (Lipinski definition) is 2. The molecule has 212 valence electrons. The molecule has 4 aromatic rings. The highest BCUT2D eigenvalue weighted by Gasteiger charge is 2.35. The summed E-state index contributed by atoms with van der Waals surface area (Å²) < 4.78 is 15.9. The number of aromatic nitrogens is 1. The number of aryl methyl sites for hydroxylation is 1. The van der Waals surface area contributed by atoms with Gasteiger partial charge in [0, 0.05) is 39.0 Å². The number of para-hydroxylation sites is 1. The molecule has 42 heavy (non-hydrogen) atoms. The number of nitrogens with zero attached hydrogens (tertiary/aromatic N) is 3. The molecule has 10 nitrogen and oxygen atoms in total. The van der Waals surface area contributed by atoms with Crippen LogP contribution in [0.5, 0.6) is 0 Å². The lowest BCUT2D eigenvalue weighted by molar-refractivity contribution is -0.384. The number of nitrogens with one attached hydrogen (secondary N) is 2. The molecule has 4 amide bonds. The maximum Gasteiger partial charge on any atom is 0.329 e. The van der Waals surface area contributed by atoms with Gasteiger partial charge in [-0.15, -0.1) is 0 Å².